The Hall–Kier alpha value is -2.02. The lowest BCUT2D eigenvalue weighted by molar-refractivity contribution is -0.167. The number of rotatable bonds is 5. The average Bonchev–Trinajstić information content (AvgIpc) is 2.70. The van der Waals surface area contributed by atoms with Crippen molar-refractivity contribution >= 4 is 56.9 Å². The van der Waals surface area contributed by atoms with Gasteiger partial charge in [0.25, 0.3) is 0 Å². The third kappa shape index (κ3) is 6.03. The van der Waals surface area contributed by atoms with Crippen molar-refractivity contribution < 1.29 is 26.7 Å². The number of benzene rings is 2. The van der Waals surface area contributed by atoms with Crippen LogP contribution in [0, 0.1) is 3.70 Å². The van der Waals surface area contributed by atoms with Crippen LogP contribution < -0.4 is 5.32 Å². The minimum atomic E-state index is -5.02. The lowest BCUT2D eigenvalue weighted by atomic mass is 10.0. The third-order valence-electron chi connectivity index (χ3n) is 4.17. The normalized spacial score (nSPS) is 12.5. The maximum absolute atomic E-state index is 12.5. The second kappa shape index (κ2) is 9.63. The molecule has 1 amide bonds. The molecule has 0 bridgehead atoms. The van der Waals surface area contributed by atoms with Crippen LogP contribution in [0.2, 0.25) is 5.02 Å². The monoisotopic (exact) mass is 579 g/mol. The van der Waals surface area contributed by atoms with Crippen molar-refractivity contribution in [1.82, 2.24) is 4.98 Å². The fourth-order valence-corrected chi connectivity index (χ4v) is 3.96. The highest BCUT2D eigenvalue weighted by Crippen LogP contribution is 2.33. The van der Waals surface area contributed by atoms with E-state index in [1.54, 1.807) is 52.2 Å². The molecule has 11 heteroatoms. The molecule has 5 nitrogen and oxygen atoms in total. The first-order valence-electron chi connectivity index (χ1n) is 8.54. The molecule has 0 fully saturated rings. The summed E-state index contributed by atoms with van der Waals surface area (Å²) in [5, 5.41) is 1.84. The Bertz CT molecular complexity index is 1140. The van der Waals surface area contributed by atoms with Gasteiger partial charge in [0.05, 0.1) is 16.4 Å². The zero-order valence-corrected chi connectivity index (χ0v) is 19.1. The molecule has 0 aliphatic rings. The standard InChI is InChI=1S/C20H13ClF3IN2O3S/c21-15-9-16(26-19(28)20(22,23)24)18(25)27-17(15)14-7-5-13(6-8-14)12-3-1-11(2-4-12)10-31(29)30/h1-9H,10H2,(H,26,28)(H,29,30)/p-1. The van der Waals surface area contributed by atoms with E-state index in [0.717, 1.165) is 11.1 Å². The highest BCUT2D eigenvalue weighted by molar-refractivity contribution is 14.1. The van der Waals surface area contributed by atoms with Crippen molar-refractivity contribution in [2.45, 2.75) is 11.9 Å². The topological polar surface area (TPSA) is 82.1 Å². The summed E-state index contributed by atoms with van der Waals surface area (Å²) in [6.07, 6.45) is -5.02. The number of pyridine rings is 1. The Labute approximate surface area is 196 Å². The molecule has 0 saturated carbocycles. The molecule has 0 aliphatic heterocycles. The molecule has 1 heterocycles. The first kappa shape index (κ1) is 23.6. The van der Waals surface area contributed by atoms with Gasteiger partial charge in [-0.3, -0.25) is 9.00 Å². The highest BCUT2D eigenvalue weighted by Gasteiger charge is 2.39. The van der Waals surface area contributed by atoms with Crippen molar-refractivity contribution in [3.63, 3.8) is 0 Å². The van der Waals surface area contributed by atoms with Crippen LogP contribution in [0.3, 0.4) is 0 Å². The minimum Gasteiger partial charge on any atom is -0.772 e. The third-order valence-corrected chi connectivity index (χ3v) is 5.84. The number of hydrogen-bond acceptors (Lipinski definition) is 4. The molecule has 0 radical (unpaired) electrons. The van der Waals surface area contributed by atoms with Crippen LogP contribution in [0.1, 0.15) is 5.56 Å². The van der Waals surface area contributed by atoms with Gasteiger partial charge in [0.15, 0.2) is 0 Å². The SMILES string of the molecule is O=C(Nc1cc(Cl)c(-c2ccc(-c3ccc(CS(=O)[O-])cc3)cc2)nc1I)C(F)(F)F. The van der Waals surface area contributed by atoms with Gasteiger partial charge in [0.2, 0.25) is 0 Å². The van der Waals surface area contributed by atoms with Crippen molar-refractivity contribution in [1.29, 1.82) is 0 Å². The van der Waals surface area contributed by atoms with E-state index in [9.17, 15) is 26.7 Å². The van der Waals surface area contributed by atoms with Gasteiger partial charge in [0.1, 0.15) is 3.70 Å². The van der Waals surface area contributed by atoms with Gasteiger partial charge in [-0.2, -0.15) is 13.2 Å². The Balaban J connectivity index is 1.83. The molecule has 1 atom stereocenters. The fourth-order valence-electron chi connectivity index (χ4n) is 2.70. The summed E-state index contributed by atoms with van der Waals surface area (Å²) in [7, 11) is 0. The van der Waals surface area contributed by atoms with E-state index in [4.69, 9.17) is 11.6 Å². The summed E-state index contributed by atoms with van der Waals surface area (Å²) >= 11 is 5.77. The largest absolute Gasteiger partial charge is 0.772 e. The number of anilines is 1. The van der Waals surface area contributed by atoms with E-state index in [1.807, 2.05) is 24.3 Å². The van der Waals surface area contributed by atoms with Crippen LogP contribution >= 0.6 is 34.2 Å². The number of halogens is 5. The van der Waals surface area contributed by atoms with Gasteiger partial charge >= 0.3 is 12.1 Å². The zero-order chi connectivity index (χ0) is 22.8. The Kier molecular flexibility index (Phi) is 7.35. The molecule has 1 unspecified atom stereocenters. The van der Waals surface area contributed by atoms with Gasteiger partial charge in [0, 0.05) is 11.3 Å². The first-order chi connectivity index (χ1) is 14.5. The molecule has 0 spiro atoms. The number of aromatic nitrogens is 1. The Morgan fingerprint density at radius 1 is 1.06 bits per heavy atom. The molecule has 3 rings (SSSR count). The van der Waals surface area contributed by atoms with Gasteiger partial charge in [-0.25, -0.2) is 4.98 Å². The van der Waals surface area contributed by atoms with Crippen molar-refractivity contribution in [3.05, 3.63) is 68.9 Å². The van der Waals surface area contributed by atoms with Crippen LogP contribution in [-0.4, -0.2) is 25.8 Å². The van der Waals surface area contributed by atoms with Crippen molar-refractivity contribution in [2.75, 3.05) is 5.32 Å². The van der Waals surface area contributed by atoms with E-state index >= 15 is 0 Å². The molecule has 0 aliphatic carbocycles. The minimum absolute atomic E-state index is 0.0541. The maximum Gasteiger partial charge on any atom is 0.471 e. The van der Waals surface area contributed by atoms with Crippen LogP contribution in [0.5, 0.6) is 0 Å². The molecule has 3 aromatic rings. The van der Waals surface area contributed by atoms with E-state index in [0.29, 0.717) is 16.8 Å². The fraction of sp³-hybridized carbons (Fsp3) is 0.100. The number of nitrogens with zero attached hydrogens (tertiary/aromatic N) is 1. The van der Waals surface area contributed by atoms with Gasteiger partial charge in [-0.05, 0) is 45.3 Å². The van der Waals surface area contributed by atoms with Crippen LogP contribution in [0.4, 0.5) is 18.9 Å². The van der Waals surface area contributed by atoms with Gasteiger partial charge in [-0.15, -0.1) is 0 Å². The Morgan fingerprint density at radius 2 is 1.58 bits per heavy atom. The number of carbonyl (C=O) groups excluding carboxylic acids is 1. The molecule has 1 N–H and O–H groups in total. The predicted octanol–water partition coefficient (Wildman–Crippen LogP) is 5.55. The highest BCUT2D eigenvalue weighted by atomic mass is 127. The number of amides is 1. The average molecular weight is 580 g/mol. The van der Waals surface area contributed by atoms with E-state index in [1.165, 1.54) is 6.07 Å². The summed E-state index contributed by atoms with van der Waals surface area (Å²) in [5.41, 5.74) is 3.29. The Morgan fingerprint density at radius 3 is 2.10 bits per heavy atom. The number of hydrogen-bond donors (Lipinski definition) is 1. The smallest absolute Gasteiger partial charge is 0.471 e. The summed E-state index contributed by atoms with van der Waals surface area (Å²) in [6, 6.07) is 15.5. The first-order valence-corrected chi connectivity index (χ1v) is 11.2. The van der Waals surface area contributed by atoms with Crippen LogP contribution in [0.15, 0.2) is 54.6 Å². The quantitative estimate of drug-likeness (QED) is 0.244. The molecule has 31 heavy (non-hydrogen) atoms. The molecule has 2 aromatic carbocycles. The number of carbonyl (C=O) groups is 1. The zero-order valence-electron chi connectivity index (χ0n) is 15.4. The second-order valence-electron chi connectivity index (χ2n) is 6.33. The van der Waals surface area contributed by atoms with Gasteiger partial charge < -0.3 is 9.87 Å². The maximum atomic E-state index is 12.5. The van der Waals surface area contributed by atoms with Gasteiger partial charge in [-0.1, -0.05) is 71.2 Å². The summed E-state index contributed by atoms with van der Waals surface area (Å²) in [6.45, 7) is 0. The summed E-state index contributed by atoms with van der Waals surface area (Å²) in [5.74, 6) is -2.16. The van der Waals surface area contributed by atoms with Crippen LogP contribution in [0.25, 0.3) is 22.4 Å². The molecule has 0 saturated heterocycles. The van der Waals surface area contributed by atoms with E-state index in [-0.39, 0.29) is 20.2 Å². The van der Waals surface area contributed by atoms with Crippen molar-refractivity contribution in [3.8, 4) is 22.4 Å². The molecule has 1 aromatic heterocycles. The summed E-state index contributed by atoms with van der Waals surface area (Å²) < 4.78 is 59.1. The number of nitrogens with one attached hydrogen (secondary N) is 1. The summed E-state index contributed by atoms with van der Waals surface area (Å²) in [4.78, 5) is 15.4. The molecular formula is C20H12ClF3IN2O3S-. The lowest BCUT2D eigenvalue weighted by Gasteiger charge is -2.12. The van der Waals surface area contributed by atoms with Crippen molar-refractivity contribution in [2.24, 2.45) is 0 Å². The van der Waals surface area contributed by atoms with E-state index < -0.39 is 23.2 Å². The predicted molar refractivity (Wildman–Crippen MR) is 120 cm³/mol. The van der Waals surface area contributed by atoms with E-state index in [2.05, 4.69) is 4.98 Å². The van der Waals surface area contributed by atoms with Crippen LogP contribution in [-0.2, 0) is 21.6 Å². The molecular weight excluding hydrogens is 568 g/mol. The second-order valence-corrected chi connectivity index (χ2v) is 8.66. The lowest BCUT2D eigenvalue weighted by Crippen LogP contribution is -2.30. The number of alkyl halides is 3. The molecule has 162 valence electrons.